The van der Waals surface area contributed by atoms with Crippen LogP contribution in [0.1, 0.15) is 18.4 Å². The molecular formula is C18H22N6O2S. The van der Waals surface area contributed by atoms with Gasteiger partial charge in [0.1, 0.15) is 11.5 Å². The van der Waals surface area contributed by atoms with E-state index in [4.69, 9.17) is 0 Å². The maximum absolute atomic E-state index is 11.8. The molecule has 0 radical (unpaired) electrons. The lowest BCUT2D eigenvalue weighted by Gasteiger charge is -2.08. The third kappa shape index (κ3) is 3.83. The Kier molecular flexibility index (Phi) is 5.24. The zero-order chi connectivity index (χ0) is 19.6. The van der Waals surface area contributed by atoms with Crippen molar-refractivity contribution in [2.45, 2.75) is 32.2 Å². The van der Waals surface area contributed by atoms with E-state index in [-0.39, 0.29) is 4.90 Å². The number of benzene rings is 1. The van der Waals surface area contributed by atoms with Gasteiger partial charge in [0.25, 0.3) is 0 Å². The Morgan fingerprint density at radius 2 is 1.78 bits per heavy atom. The molecule has 0 unspecified atom stereocenters. The van der Waals surface area contributed by atoms with Crippen molar-refractivity contribution in [1.82, 2.24) is 24.2 Å². The zero-order valence-corrected chi connectivity index (χ0v) is 16.5. The second-order valence-electron chi connectivity index (χ2n) is 5.96. The van der Waals surface area contributed by atoms with Crippen molar-refractivity contribution >= 4 is 21.7 Å². The smallest absolute Gasteiger partial charge is 0.240 e. The predicted octanol–water partition coefficient (Wildman–Crippen LogP) is 2.63. The first-order chi connectivity index (χ1) is 12.9. The van der Waals surface area contributed by atoms with Gasteiger partial charge in [-0.25, -0.2) is 28.1 Å². The summed E-state index contributed by atoms with van der Waals surface area (Å²) in [5, 5.41) is 3.09. The number of aryl methyl sites for hydroxylation is 1. The van der Waals surface area contributed by atoms with Crippen LogP contribution in [-0.4, -0.2) is 35.0 Å². The molecule has 0 saturated heterocycles. The van der Waals surface area contributed by atoms with Crippen molar-refractivity contribution in [3.05, 3.63) is 48.0 Å². The Labute approximate surface area is 158 Å². The maximum Gasteiger partial charge on any atom is 0.240 e. The highest BCUT2D eigenvalue weighted by molar-refractivity contribution is 7.89. The van der Waals surface area contributed by atoms with Gasteiger partial charge in [-0.15, -0.1) is 0 Å². The minimum atomic E-state index is -3.46. The van der Waals surface area contributed by atoms with E-state index >= 15 is 0 Å². The van der Waals surface area contributed by atoms with Crippen LogP contribution in [0.3, 0.4) is 0 Å². The molecule has 3 aromatic rings. The van der Waals surface area contributed by atoms with Gasteiger partial charge in [0.15, 0.2) is 0 Å². The fourth-order valence-corrected chi connectivity index (χ4v) is 3.63. The normalized spacial score (nSPS) is 11.6. The molecule has 0 aliphatic carbocycles. The molecule has 0 atom stereocenters. The van der Waals surface area contributed by atoms with Crippen LogP contribution in [0.4, 0.5) is 11.6 Å². The SMILES string of the molecule is CCn1c(C)nc(-c2ccnc(Nc3ccc(S(=O)(=O)NC)cc3)n2)c1C. The molecule has 0 aliphatic rings. The fourth-order valence-electron chi connectivity index (χ4n) is 2.90. The summed E-state index contributed by atoms with van der Waals surface area (Å²) < 4.78 is 28.0. The third-order valence-corrected chi connectivity index (χ3v) is 5.75. The van der Waals surface area contributed by atoms with Crippen LogP contribution < -0.4 is 10.0 Å². The topological polar surface area (TPSA) is 102 Å². The quantitative estimate of drug-likeness (QED) is 0.675. The summed E-state index contributed by atoms with van der Waals surface area (Å²) in [6.45, 7) is 6.93. The molecule has 2 heterocycles. The highest BCUT2D eigenvalue weighted by Crippen LogP contribution is 2.23. The van der Waals surface area contributed by atoms with Crippen molar-refractivity contribution in [2.75, 3.05) is 12.4 Å². The molecule has 0 spiro atoms. The number of hydrogen-bond acceptors (Lipinski definition) is 6. The number of imidazole rings is 1. The van der Waals surface area contributed by atoms with E-state index in [9.17, 15) is 8.42 Å². The molecule has 27 heavy (non-hydrogen) atoms. The average molecular weight is 386 g/mol. The standard InChI is InChI=1S/C18H22N6O2S/c1-5-24-12(2)17(21-13(24)3)16-10-11-20-18(23-16)22-14-6-8-15(9-7-14)27(25,26)19-4/h6-11,19H,5H2,1-4H3,(H,20,22,23). The van der Waals surface area contributed by atoms with E-state index in [0.717, 1.165) is 29.5 Å². The molecular weight excluding hydrogens is 364 g/mol. The fraction of sp³-hybridized carbons (Fsp3) is 0.278. The minimum Gasteiger partial charge on any atom is -0.332 e. The second kappa shape index (κ2) is 7.45. The Morgan fingerprint density at radius 3 is 2.37 bits per heavy atom. The van der Waals surface area contributed by atoms with Gasteiger partial charge < -0.3 is 9.88 Å². The highest BCUT2D eigenvalue weighted by Gasteiger charge is 2.14. The molecule has 3 rings (SSSR count). The molecule has 8 nitrogen and oxygen atoms in total. The highest BCUT2D eigenvalue weighted by atomic mass is 32.2. The van der Waals surface area contributed by atoms with Gasteiger partial charge >= 0.3 is 0 Å². The summed E-state index contributed by atoms with van der Waals surface area (Å²) >= 11 is 0. The zero-order valence-electron chi connectivity index (χ0n) is 15.7. The van der Waals surface area contributed by atoms with E-state index in [1.165, 1.54) is 19.2 Å². The summed E-state index contributed by atoms with van der Waals surface area (Å²) in [5.41, 5.74) is 3.31. The van der Waals surface area contributed by atoms with Crippen LogP contribution in [0.25, 0.3) is 11.4 Å². The van der Waals surface area contributed by atoms with E-state index in [2.05, 4.69) is 36.5 Å². The van der Waals surface area contributed by atoms with E-state index in [0.29, 0.717) is 11.6 Å². The van der Waals surface area contributed by atoms with Gasteiger partial charge in [-0.1, -0.05) is 0 Å². The first-order valence-corrected chi connectivity index (χ1v) is 10.0. The molecule has 9 heteroatoms. The number of nitrogens with one attached hydrogen (secondary N) is 2. The summed E-state index contributed by atoms with van der Waals surface area (Å²) in [6, 6.07) is 8.20. The van der Waals surface area contributed by atoms with Crippen LogP contribution in [0.2, 0.25) is 0 Å². The van der Waals surface area contributed by atoms with Gasteiger partial charge in [-0.3, -0.25) is 0 Å². The Hall–Kier alpha value is -2.78. The molecule has 142 valence electrons. The number of rotatable bonds is 6. The van der Waals surface area contributed by atoms with Crippen molar-refractivity contribution in [3.63, 3.8) is 0 Å². The lowest BCUT2D eigenvalue weighted by molar-refractivity contribution is 0.588. The van der Waals surface area contributed by atoms with Gasteiger partial charge in [0, 0.05) is 24.1 Å². The van der Waals surface area contributed by atoms with Crippen LogP contribution in [-0.2, 0) is 16.6 Å². The van der Waals surface area contributed by atoms with Crippen molar-refractivity contribution in [3.8, 4) is 11.4 Å². The van der Waals surface area contributed by atoms with Crippen molar-refractivity contribution < 1.29 is 8.42 Å². The average Bonchev–Trinajstić information content (AvgIpc) is 2.96. The summed E-state index contributed by atoms with van der Waals surface area (Å²) in [6.07, 6.45) is 1.67. The predicted molar refractivity (Wildman–Crippen MR) is 104 cm³/mol. The molecule has 0 aliphatic heterocycles. The van der Waals surface area contributed by atoms with Gasteiger partial charge in [-0.05, 0) is 58.2 Å². The van der Waals surface area contributed by atoms with Crippen molar-refractivity contribution in [2.24, 2.45) is 0 Å². The minimum absolute atomic E-state index is 0.196. The van der Waals surface area contributed by atoms with E-state index < -0.39 is 10.0 Å². The molecule has 0 fully saturated rings. The van der Waals surface area contributed by atoms with E-state index in [1.54, 1.807) is 18.3 Å². The van der Waals surface area contributed by atoms with Gasteiger partial charge in [0.05, 0.1) is 10.6 Å². The number of aromatic nitrogens is 4. The van der Waals surface area contributed by atoms with Crippen LogP contribution in [0.15, 0.2) is 41.4 Å². The molecule has 2 N–H and O–H groups in total. The first-order valence-electron chi connectivity index (χ1n) is 8.53. The number of sulfonamides is 1. The molecule has 0 amide bonds. The number of hydrogen-bond donors (Lipinski definition) is 2. The third-order valence-electron chi connectivity index (χ3n) is 4.32. The monoisotopic (exact) mass is 386 g/mol. The Bertz CT molecular complexity index is 1060. The lowest BCUT2D eigenvalue weighted by atomic mass is 10.2. The molecule has 2 aromatic heterocycles. The summed E-state index contributed by atoms with van der Waals surface area (Å²) in [7, 11) is -2.08. The Balaban J connectivity index is 1.87. The summed E-state index contributed by atoms with van der Waals surface area (Å²) in [4.78, 5) is 13.6. The maximum atomic E-state index is 11.8. The molecule has 1 aromatic carbocycles. The van der Waals surface area contributed by atoms with Gasteiger partial charge in [-0.2, -0.15) is 0 Å². The molecule has 0 saturated carbocycles. The van der Waals surface area contributed by atoms with Crippen LogP contribution >= 0.6 is 0 Å². The Morgan fingerprint density at radius 1 is 1.07 bits per heavy atom. The molecule has 0 bridgehead atoms. The first kappa shape index (κ1) is 19.0. The lowest BCUT2D eigenvalue weighted by Crippen LogP contribution is -2.18. The van der Waals surface area contributed by atoms with Crippen LogP contribution in [0.5, 0.6) is 0 Å². The second-order valence-corrected chi connectivity index (χ2v) is 7.85. The van der Waals surface area contributed by atoms with E-state index in [1.807, 2.05) is 19.9 Å². The van der Waals surface area contributed by atoms with Crippen LogP contribution in [0, 0.1) is 13.8 Å². The summed E-state index contributed by atoms with van der Waals surface area (Å²) in [5.74, 6) is 1.36. The van der Waals surface area contributed by atoms with Crippen molar-refractivity contribution in [1.29, 1.82) is 0 Å². The largest absolute Gasteiger partial charge is 0.332 e. The number of nitrogens with zero attached hydrogens (tertiary/aromatic N) is 4. The number of anilines is 2. The van der Waals surface area contributed by atoms with Gasteiger partial charge in [0.2, 0.25) is 16.0 Å².